The number of fused-ring (bicyclic) bond motifs is 3. The van der Waals surface area contributed by atoms with E-state index in [1.54, 1.807) is 18.5 Å². The molecule has 3 heterocycles. The Balaban J connectivity index is 0.852. The van der Waals surface area contributed by atoms with Gasteiger partial charge in [0.1, 0.15) is 12.7 Å². The van der Waals surface area contributed by atoms with E-state index < -0.39 is 15.5 Å². The summed E-state index contributed by atoms with van der Waals surface area (Å²) in [4.78, 5) is 32.2. The molecule has 0 aliphatic carbocycles. The quantitative estimate of drug-likeness (QED) is 0.0176. The number of nitrogens with zero attached hydrogens (tertiary/aromatic N) is 3. The number of hydrazine groups is 1. The predicted molar refractivity (Wildman–Crippen MR) is 273 cm³/mol. The zero-order chi connectivity index (χ0) is 47.8. The second-order valence-corrected chi connectivity index (χ2v) is 20.1. The Morgan fingerprint density at radius 1 is 0.851 bits per heavy atom. The second-order valence-electron chi connectivity index (χ2n) is 17.8. The molecule has 0 bridgehead atoms. The highest BCUT2D eigenvalue weighted by Gasteiger charge is 2.44. The summed E-state index contributed by atoms with van der Waals surface area (Å²) in [5.74, 6) is -0.284. The van der Waals surface area contributed by atoms with Crippen LogP contribution in [0.15, 0.2) is 148 Å². The molecule has 3 aliphatic rings. The number of amides is 2. The highest BCUT2D eigenvalue weighted by molar-refractivity contribution is 9.10. The van der Waals surface area contributed by atoms with Gasteiger partial charge in [0.05, 0.1) is 22.3 Å². The molecule has 4 aromatic rings. The van der Waals surface area contributed by atoms with Crippen molar-refractivity contribution >= 4 is 78.3 Å². The summed E-state index contributed by atoms with van der Waals surface area (Å²) in [6.45, 7) is 12.5. The van der Waals surface area contributed by atoms with Gasteiger partial charge in [-0.05, 0) is 99.8 Å². The fraction of sp³-hybridized carbons (Fsp3) is 0.308. The third-order valence-electron chi connectivity index (χ3n) is 12.4. The Morgan fingerprint density at radius 2 is 1.64 bits per heavy atom. The zero-order valence-corrected chi connectivity index (χ0v) is 41.0. The van der Waals surface area contributed by atoms with Crippen molar-refractivity contribution in [2.75, 3.05) is 35.2 Å². The first-order chi connectivity index (χ1) is 32.1. The van der Waals surface area contributed by atoms with Crippen molar-refractivity contribution in [3.8, 4) is 0 Å². The van der Waals surface area contributed by atoms with Crippen LogP contribution in [-0.4, -0.2) is 61.0 Å². The van der Waals surface area contributed by atoms with Crippen molar-refractivity contribution in [2.24, 2.45) is 4.99 Å². The van der Waals surface area contributed by atoms with Crippen LogP contribution in [0.25, 0.3) is 0 Å². The molecule has 350 valence electrons. The molecule has 0 spiro atoms. The summed E-state index contributed by atoms with van der Waals surface area (Å²) in [5.41, 5.74) is 14.8. The van der Waals surface area contributed by atoms with E-state index in [-0.39, 0.29) is 41.3 Å². The number of carbonyl (C=O) groups excluding carboxylic acids is 2. The van der Waals surface area contributed by atoms with Crippen molar-refractivity contribution in [1.82, 2.24) is 16.2 Å². The van der Waals surface area contributed by atoms with Gasteiger partial charge in [-0.15, -0.1) is 0 Å². The van der Waals surface area contributed by atoms with E-state index in [9.17, 15) is 22.6 Å². The van der Waals surface area contributed by atoms with Crippen molar-refractivity contribution < 1.29 is 27.1 Å². The number of aliphatic imine (C=N–C) groups is 1. The molecule has 0 radical (unpaired) electrons. The van der Waals surface area contributed by atoms with Crippen molar-refractivity contribution in [1.29, 1.82) is 0 Å². The molecular formula is C52H60BrN8O5S+. The lowest BCUT2D eigenvalue weighted by Gasteiger charge is -2.27. The lowest BCUT2D eigenvalue weighted by molar-refractivity contribution is -0.433. The summed E-state index contributed by atoms with van der Waals surface area (Å²) in [5, 5.41) is 9.66. The number of rotatable bonds is 19. The van der Waals surface area contributed by atoms with E-state index in [4.69, 9.17) is 0 Å². The van der Waals surface area contributed by atoms with Gasteiger partial charge in [0, 0.05) is 81.8 Å². The normalized spacial score (nSPS) is 17.6. The maximum Gasteiger partial charge on any atom is 0.294 e. The van der Waals surface area contributed by atoms with Gasteiger partial charge in [-0.25, -0.2) is 10.4 Å². The third-order valence-corrected chi connectivity index (χ3v) is 13.8. The summed E-state index contributed by atoms with van der Waals surface area (Å²) >= 11 is 3.51. The Hall–Kier alpha value is -6.13. The van der Waals surface area contributed by atoms with Gasteiger partial charge in [0.15, 0.2) is 5.71 Å². The Bertz CT molecular complexity index is 2810. The highest BCUT2D eigenvalue weighted by Crippen LogP contribution is 2.48. The van der Waals surface area contributed by atoms with Crippen LogP contribution in [0.4, 0.5) is 28.4 Å². The topological polar surface area (TPSA) is 167 Å². The third kappa shape index (κ3) is 11.5. The van der Waals surface area contributed by atoms with Gasteiger partial charge >= 0.3 is 0 Å². The molecular weight excluding hydrogens is 929 g/mol. The average molecular weight is 989 g/mol. The molecule has 1 atom stereocenters. The van der Waals surface area contributed by atoms with Crippen LogP contribution in [0.3, 0.4) is 0 Å². The number of nitrogens with one attached hydrogen (secondary N) is 5. The molecule has 0 aromatic heterocycles. The number of allylic oxidation sites excluding steroid dienone is 8. The Labute approximate surface area is 402 Å². The Morgan fingerprint density at radius 3 is 2.43 bits per heavy atom. The van der Waals surface area contributed by atoms with Crippen LogP contribution >= 0.6 is 15.9 Å². The van der Waals surface area contributed by atoms with Gasteiger partial charge in [0.25, 0.3) is 10.1 Å². The van der Waals surface area contributed by atoms with Crippen molar-refractivity contribution in [3.05, 3.63) is 154 Å². The fourth-order valence-electron chi connectivity index (χ4n) is 9.00. The average Bonchev–Trinajstić information content (AvgIpc) is 3.64. The molecule has 7 rings (SSSR count). The van der Waals surface area contributed by atoms with Crippen LogP contribution in [-0.2, 0) is 30.5 Å². The highest BCUT2D eigenvalue weighted by atomic mass is 79.9. The van der Waals surface area contributed by atoms with Crippen molar-refractivity contribution in [2.45, 2.75) is 88.6 Å². The van der Waals surface area contributed by atoms with Crippen LogP contribution in [0.1, 0.15) is 89.6 Å². The van der Waals surface area contributed by atoms with Crippen LogP contribution in [0, 0.1) is 0 Å². The van der Waals surface area contributed by atoms with Crippen LogP contribution in [0.2, 0.25) is 0 Å². The zero-order valence-electron chi connectivity index (χ0n) is 38.6. The summed E-state index contributed by atoms with van der Waals surface area (Å²) in [7, 11) is -4.31. The first-order valence-corrected chi connectivity index (χ1v) is 24.9. The molecule has 1 unspecified atom stereocenters. The number of hydrogen-bond acceptors (Lipinski definition) is 9. The number of carbonyl (C=O) groups is 2. The number of benzene rings is 4. The summed E-state index contributed by atoms with van der Waals surface area (Å²) < 4.78 is 36.5. The van der Waals surface area contributed by atoms with Crippen LogP contribution in [0.5, 0.6) is 0 Å². The minimum atomic E-state index is -4.31. The summed E-state index contributed by atoms with van der Waals surface area (Å²) in [6, 6.07) is 26.8. The summed E-state index contributed by atoms with van der Waals surface area (Å²) in [6.07, 6.45) is 18.8. The first kappa shape index (κ1) is 48.8. The van der Waals surface area contributed by atoms with E-state index >= 15 is 0 Å². The van der Waals surface area contributed by atoms with E-state index in [0.717, 1.165) is 64.2 Å². The molecule has 3 aliphatic heterocycles. The smallest absolute Gasteiger partial charge is 0.294 e. The number of halogens is 1. The van der Waals surface area contributed by atoms with E-state index in [0.29, 0.717) is 18.7 Å². The SMILES string of the molecule is CC[N+]1=C(/C=C/C=C/C=C/C=C2/N(CCCCCC(=O)NNCCC(=O)Nc3ccc4c(c3)C(Nc3cccc(Br)c3)NC=N4)c3ccccc3C2(C)C)C(C)(C)c2cc(S(=O)(=O)O)ccc21. The number of hydrogen-bond donors (Lipinski definition) is 6. The van der Waals surface area contributed by atoms with Crippen molar-refractivity contribution in [3.63, 3.8) is 0 Å². The van der Waals surface area contributed by atoms with Gasteiger partial charge in [0.2, 0.25) is 17.5 Å². The van der Waals surface area contributed by atoms with Gasteiger partial charge in [-0.3, -0.25) is 19.6 Å². The monoisotopic (exact) mass is 987 g/mol. The molecule has 15 heteroatoms. The number of anilines is 3. The van der Waals surface area contributed by atoms with E-state index in [2.05, 4.69) is 134 Å². The maximum absolute atomic E-state index is 12.8. The molecule has 0 fully saturated rings. The molecule has 0 saturated carbocycles. The van der Waals surface area contributed by atoms with Gasteiger partial charge in [-0.1, -0.05) is 90.8 Å². The fourth-order valence-corrected chi connectivity index (χ4v) is 9.90. The van der Waals surface area contributed by atoms with E-state index in [1.165, 1.54) is 23.0 Å². The minimum Gasteiger partial charge on any atom is -0.362 e. The molecule has 2 amide bonds. The standard InChI is InChI=1S/C52H59BrN8O5S/c1-6-60-45-28-26-39(67(64,65)66)34-42(45)52(4,5)46(60)22-11-8-7-9-12-23-47-51(2,3)41-20-14-15-21-44(41)61(47)31-16-10-13-24-49(63)59-56-30-29-48(62)57-38-25-27-43-40(33-38)50(55-35-54-43)58-37-19-17-18-36(53)32-37/h7-9,11-12,14-15,17-23,25-28,32-35,50,56,58H,6,10,13,16,24,29-31H2,1-5H3,(H3-,54,55,57,59,62,63,64,65,66)/p+1. The van der Waals surface area contributed by atoms with Crippen LogP contribution < -0.4 is 31.7 Å². The second kappa shape index (κ2) is 21.2. The molecule has 4 aromatic carbocycles. The first-order valence-electron chi connectivity index (χ1n) is 22.7. The predicted octanol–water partition coefficient (Wildman–Crippen LogP) is 10.0. The van der Waals surface area contributed by atoms with E-state index in [1.807, 2.05) is 66.8 Å². The number of para-hydroxylation sites is 1. The molecule has 13 nitrogen and oxygen atoms in total. The molecule has 6 N–H and O–H groups in total. The maximum atomic E-state index is 12.8. The molecule has 0 saturated heterocycles. The van der Waals surface area contributed by atoms with Gasteiger partial charge < -0.3 is 20.9 Å². The molecule has 67 heavy (non-hydrogen) atoms. The minimum absolute atomic E-state index is 0.101. The largest absolute Gasteiger partial charge is 0.362 e. The number of unbranched alkanes of at least 4 members (excludes halogenated alkanes) is 2. The van der Waals surface area contributed by atoms with Gasteiger partial charge in [-0.2, -0.15) is 13.0 Å². The Kier molecular flexibility index (Phi) is 15.5. The lowest BCUT2D eigenvalue weighted by Crippen LogP contribution is -2.38. The lowest BCUT2D eigenvalue weighted by atomic mass is 9.81.